The quantitative estimate of drug-likeness (QED) is 0.692. The van der Waals surface area contributed by atoms with E-state index < -0.39 is 0 Å². The largest absolute Gasteiger partial charge is 0.457 e. The fraction of sp³-hybridized carbons (Fsp3) is 0.176. The van der Waals surface area contributed by atoms with Gasteiger partial charge in [0.1, 0.15) is 5.76 Å². The number of furan rings is 1. The molecule has 0 amide bonds. The normalized spacial score (nSPS) is 12.7. The Morgan fingerprint density at radius 2 is 1.81 bits per heavy atom. The van der Waals surface area contributed by atoms with E-state index in [1.165, 1.54) is 0 Å². The van der Waals surface area contributed by atoms with Crippen molar-refractivity contribution in [3.05, 3.63) is 69.9 Å². The van der Waals surface area contributed by atoms with E-state index >= 15 is 0 Å². The van der Waals surface area contributed by atoms with Crippen molar-refractivity contribution in [3.8, 4) is 0 Å². The topological polar surface area (TPSA) is 25.2 Å². The molecule has 3 aromatic rings. The van der Waals surface area contributed by atoms with Crippen molar-refractivity contribution in [2.24, 2.45) is 0 Å². The first-order chi connectivity index (χ1) is 10.2. The first-order valence-corrected chi connectivity index (χ1v) is 7.62. The summed E-state index contributed by atoms with van der Waals surface area (Å²) in [5.74, 6) is 0.813. The molecule has 1 atom stereocenters. The van der Waals surface area contributed by atoms with E-state index in [9.17, 15) is 0 Å². The van der Waals surface area contributed by atoms with Crippen LogP contribution in [-0.4, -0.2) is 6.54 Å². The molecule has 0 fully saturated rings. The number of benzene rings is 2. The number of halogens is 2. The average Bonchev–Trinajstić information content (AvgIpc) is 2.91. The van der Waals surface area contributed by atoms with Crippen molar-refractivity contribution in [2.45, 2.75) is 13.0 Å². The average molecular weight is 320 g/mol. The number of hydrogen-bond acceptors (Lipinski definition) is 2. The highest BCUT2D eigenvalue weighted by atomic mass is 35.5. The van der Waals surface area contributed by atoms with Gasteiger partial charge in [-0.1, -0.05) is 60.5 Å². The van der Waals surface area contributed by atoms with Crippen molar-refractivity contribution in [1.29, 1.82) is 0 Å². The van der Waals surface area contributed by atoms with E-state index in [4.69, 9.17) is 27.6 Å². The molecule has 0 saturated carbocycles. The van der Waals surface area contributed by atoms with Crippen LogP contribution >= 0.6 is 23.2 Å². The maximum atomic E-state index is 6.33. The van der Waals surface area contributed by atoms with Crippen molar-refractivity contribution in [2.75, 3.05) is 6.54 Å². The van der Waals surface area contributed by atoms with E-state index in [2.05, 4.69) is 12.2 Å². The maximum absolute atomic E-state index is 6.33. The van der Waals surface area contributed by atoms with E-state index in [0.29, 0.717) is 10.6 Å². The van der Waals surface area contributed by atoms with Crippen LogP contribution in [0, 0.1) is 0 Å². The zero-order valence-electron chi connectivity index (χ0n) is 11.6. The summed E-state index contributed by atoms with van der Waals surface area (Å²) < 4.78 is 5.97. The van der Waals surface area contributed by atoms with Gasteiger partial charge >= 0.3 is 0 Å². The molecule has 0 spiro atoms. The van der Waals surface area contributed by atoms with E-state index in [1.807, 2.05) is 48.5 Å². The number of hydrogen-bond donors (Lipinski definition) is 1. The van der Waals surface area contributed by atoms with Crippen molar-refractivity contribution in [3.63, 3.8) is 0 Å². The third kappa shape index (κ3) is 2.80. The molecular formula is C17H15Cl2NO. The molecule has 0 bridgehead atoms. The van der Waals surface area contributed by atoms with Crippen LogP contribution in [0.1, 0.15) is 24.3 Å². The first kappa shape index (κ1) is 14.5. The summed E-state index contributed by atoms with van der Waals surface area (Å²) in [6.07, 6.45) is 0. The second-order valence-corrected chi connectivity index (χ2v) is 5.63. The van der Waals surface area contributed by atoms with Crippen LogP contribution in [0.15, 0.2) is 52.9 Å². The van der Waals surface area contributed by atoms with Gasteiger partial charge in [0.15, 0.2) is 5.58 Å². The van der Waals surface area contributed by atoms with Crippen LogP contribution in [0.2, 0.25) is 10.0 Å². The van der Waals surface area contributed by atoms with Gasteiger partial charge < -0.3 is 9.73 Å². The Morgan fingerprint density at radius 1 is 1.05 bits per heavy atom. The Morgan fingerprint density at radius 3 is 2.52 bits per heavy atom. The SMILES string of the molecule is CCNC(c1cc2cccc(Cl)c2o1)c1ccccc1Cl. The number of fused-ring (bicyclic) bond motifs is 1. The highest BCUT2D eigenvalue weighted by Crippen LogP contribution is 2.34. The summed E-state index contributed by atoms with van der Waals surface area (Å²) in [4.78, 5) is 0. The lowest BCUT2D eigenvalue weighted by molar-refractivity contribution is 0.477. The Kier molecular flexibility index (Phi) is 4.20. The van der Waals surface area contributed by atoms with Crippen molar-refractivity contribution >= 4 is 34.2 Å². The van der Waals surface area contributed by atoms with Gasteiger partial charge in [-0.15, -0.1) is 0 Å². The maximum Gasteiger partial charge on any atom is 0.152 e. The molecule has 0 aliphatic heterocycles. The summed E-state index contributed by atoms with van der Waals surface area (Å²) in [7, 11) is 0. The Labute approximate surface area is 133 Å². The molecule has 108 valence electrons. The second kappa shape index (κ2) is 6.10. The molecular weight excluding hydrogens is 305 g/mol. The van der Waals surface area contributed by atoms with Gasteiger partial charge in [0, 0.05) is 10.4 Å². The van der Waals surface area contributed by atoms with Crippen LogP contribution in [0.25, 0.3) is 11.0 Å². The van der Waals surface area contributed by atoms with Gasteiger partial charge in [0.25, 0.3) is 0 Å². The van der Waals surface area contributed by atoms with E-state index in [0.717, 1.165) is 28.3 Å². The lowest BCUT2D eigenvalue weighted by Gasteiger charge is -2.17. The van der Waals surface area contributed by atoms with E-state index in [-0.39, 0.29) is 6.04 Å². The fourth-order valence-corrected chi connectivity index (χ4v) is 2.93. The van der Waals surface area contributed by atoms with Crippen LogP contribution in [0.4, 0.5) is 0 Å². The summed E-state index contributed by atoms with van der Waals surface area (Å²) in [5, 5.41) is 5.74. The fourth-order valence-electron chi connectivity index (χ4n) is 2.47. The van der Waals surface area contributed by atoms with E-state index in [1.54, 1.807) is 0 Å². The van der Waals surface area contributed by atoms with Crippen LogP contribution < -0.4 is 5.32 Å². The minimum atomic E-state index is -0.0906. The number of para-hydroxylation sites is 1. The molecule has 0 saturated heterocycles. The predicted octanol–water partition coefficient (Wildman–Crippen LogP) is 5.44. The minimum Gasteiger partial charge on any atom is -0.457 e. The molecule has 1 heterocycles. The molecule has 4 heteroatoms. The molecule has 0 aliphatic carbocycles. The van der Waals surface area contributed by atoms with Gasteiger partial charge in [0.05, 0.1) is 11.1 Å². The minimum absolute atomic E-state index is 0.0906. The van der Waals surface area contributed by atoms with Crippen molar-refractivity contribution in [1.82, 2.24) is 5.32 Å². The van der Waals surface area contributed by atoms with Crippen molar-refractivity contribution < 1.29 is 4.42 Å². The van der Waals surface area contributed by atoms with Gasteiger partial charge in [0.2, 0.25) is 0 Å². The molecule has 1 aromatic heterocycles. The van der Waals surface area contributed by atoms with Crippen LogP contribution in [0.5, 0.6) is 0 Å². The summed E-state index contributed by atoms with van der Waals surface area (Å²) in [5.41, 5.74) is 1.71. The third-order valence-electron chi connectivity index (χ3n) is 3.42. The highest BCUT2D eigenvalue weighted by molar-refractivity contribution is 6.34. The van der Waals surface area contributed by atoms with Gasteiger partial charge in [-0.2, -0.15) is 0 Å². The third-order valence-corrected chi connectivity index (χ3v) is 4.07. The number of rotatable bonds is 4. The molecule has 0 aliphatic rings. The Bertz CT molecular complexity index is 766. The summed E-state index contributed by atoms with van der Waals surface area (Å²) in [6.45, 7) is 2.86. The summed E-state index contributed by atoms with van der Waals surface area (Å²) >= 11 is 12.5. The number of nitrogens with one attached hydrogen (secondary N) is 1. The molecule has 2 aromatic carbocycles. The predicted molar refractivity (Wildman–Crippen MR) is 88.2 cm³/mol. The Hall–Kier alpha value is -1.48. The zero-order chi connectivity index (χ0) is 14.8. The first-order valence-electron chi connectivity index (χ1n) is 6.86. The molecule has 1 N–H and O–H groups in total. The molecule has 21 heavy (non-hydrogen) atoms. The summed E-state index contributed by atoms with van der Waals surface area (Å²) in [6, 6.07) is 15.4. The molecule has 1 unspecified atom stereocenters. The van der Waals surface area contributed by atoms with Crippen LogP contribution in [-0.2, 0) is 0 Å². The van der Waals surface area contributed by atoms with Gasteiger partial charge in [-0.25, -0.2) is 0 Å². The zero-order valence-corrected chi connectivity index (χ0v) is 13.1. The highest BCUT2D eigenvalue weighted by Gasteiger charge is 2.20. The standard InChI is InChI=1S/C17H15Cl2NO/c1-2-20-16(12-7-3-4-8-13(12)18)15-10-11-6-5-9-14(19)17(11)21-15/h3-10,16,20H,2H2,1H3. The van der Waals surface area contributed by atoms with Gasteiger partial charge in [-0.3, -0.25) is 0 Å². The lowest BCUT2D eigenvalue weighted by Crippen LogP contribution is -2.21. The van der Waals surface area contributed by atoms with Gasteiger partial charge in [-0.05, 0) is 30.3 Å². The molecule has 0 radical (unpaired) electrons. The molecule has 2 nitrogen and oxygen atoms in total. The smallest absolute Gasteiger partial charge is 0.152 e. The second-order valence-electron chi connectivity index (χ2n) is 4.82. The lowest BCUT2D eigenvalue weighted by atomic mass is 10.0. The monoisotopic (exact) mass is 319 g/mol. The molecule has 3 rings (SSSR count). The Balaban J connectivity index is 2.11. The van der Waals surface area contributed by atoms with Crippen LogP contribution in [0.3, 0.4) is 0 Å².